The van der Waals surface area contributed by atoms with Crippen LogP contribution in [0, 0.1) is 0 Å². The average molecular weight is 666 g/mol. The maximum atomic E-state index is 5.07. The number of nitrogens with zero attached hydrogens (tertiary/aromatic N) is 5. The molecular formula is C47H31N5. The molecule has 244 valence electrons. The van der Waals surface area contributed by atoms with E-state index in [1.165, 1.54) is 0 Å². The van der Waals surface area contributed by atoms with E-state index in [2.05, 4.69) is 115 Å². The number of hydrogen-bond acceptors (Lipinski definition) is 5. The van der Waals surface area contributed by atoms with E-state index in [1.54, 1.807) is 0 Å². The predicted molar refractivity (Wildman–Crippen MR) is 211 cm³/mol. The smallest absolute Gasteiger partial charge is 0.164 e. The Labute approximate surface area is 302 Å². The minimum absolute atomic E-state index is 0.589. The van der Waals surface area contributed by atoms with E-state index >= 15 is 0 Å². The minimum Gasteiger partial charge on any atom is -0.228 e. The van der Waals surface area contributed by atoms with Crippen LogP contribution in [0.5, 0.6) is 0 Å². The Bertz CT molecular complexity index is 2560. The molecule has 0 aliphatic rings. The normalized spacial score (nSPS) is 11.1. The van der Waals surface area contributed by atoms with Crippen molar-refractivity contribution in [2.24, 2.45) is 0 Å². The van der Waals surface area contributed by atoms with Crippen molar-refractivity contribution in [2.45, 2.75) is 0 Å². The Hall–Kier alpha value is -7.11. The first-order valence-corrected chi connectivity index (χ1v) is 17.3. The molecule has 0 atom stereocenters. The molecule has 0 amide bonds. The van der Waals surface area contributed by atoms with Crippen molar-refractivity contribution in [3.05, 3.63) is 188 Å². The SMILES string of the molecule is c1ccc(-c2cccc(-c3nc(-c4ccc(-c5nc(-c6ccccc6)c6ccccc6n5)cc4)nc(-c4cccc(-c5ccccc5)c4)n3)c2)cc1. The Kier molecular flexibility index (Phi) is 8.12. The molecule has 0 aliphatic carbocycles. The third kappa shape index (κ3) is 6.23. The summed E-state index contributed by atoms with van der Waals surface area (Å²) >= 11 is 0. The van der Waals surface area contributed by atoms with Gasteiger partial charge in [0, 0.05) is 33.2 Å². The monoisotopic (exact) mass is 665 g/mol. The van der Waals surface area contributed by atoms with Gasteiger partial charge in [-0.1, -0.05) is 170 Å². The van der Waals surface area contributed by atoms with Gasteiger partial charge >= 0.3 is 0 Å². The van der Waals surface area contributed by atoms with Gasteiger partial charge in [0.2, 0.25) is 0 Å². The van der Waals surface area contributed by atoms with Crippen molar-refractivity contribution < 1.29 is 0 Å². The summed E-state index contributed by atoms with van der Waals surface area (Å²) in [5, 5.41) is 1.02. The number of rotatable bonds is 7. The van der Waals surface area contributed by atoms with E-state index in [0.29, 0.717) is 23.3 Å². The fraction of sp³-hybridized carbons (Fsp3) is 0. The van der Waals surface area contributed by atoms with Gasteiger partial charge < -0.3 is 0 Å². The van der Waals surface area contributed by atoms with Crippen LogP contribution < -0.4 is 0 Å². The summed E-state index contributed by atoms with van der Waals surface area (Å²) in [6, 6.07) is 64.0. The number of aromatic nitrogens is 5. The van der Waals surface area contributed by atoms with Crippen LogP contribution in [0.2, 0.25) is 0 Å². The van der Waals surface area contributed by atoms with Gasteiger partial charge in [0.15, 0.2) is 23.3 Å². The Morgan fingerprint density at radius 3 is 1.13 bits per heavy atom. The van der Waals surface area contributed by atoms with Gasteiger partial charge in [0.1, 0.15) is 0 Å². The van der Waals surface area contributed by atoms with E-state index in [0.717, 1.165) is 66.7 Å². The molecule has 9 rings (SSSR count). The molecule has 0 saturated heterocycles. The third-order valence-corrected chi connectivity index (χ3v) is 9.14. The van der Waals surface area contributed by atoms with E-state index in [4.69, 9.17) is 24.9 Å². The summed E-state index contributed by atoms with van der Waals surface area (Å²) in [5.41, 5.74) is 10.9. The predicted octanol–water partition coefficient (Wildman–Crippen LogP) is 11.5. The number of benzene rings is 7. The zero-order chi connectivity index (χ0) is 34.7. The van der Waals surface area contributed by atoms with Crippen LogP contribution in [-0.2, 0) is 0 Å². The summed E-state index contributed by atoms with van der Waals surface area (Å²) in [4.78, 5) is 25.2. The lowest BCUT2D eigenvalue weighted by Crippen LogP contribution is -2.00. The van der Waals surface area contributed by atoms with Crippen molar-refractivity contribution in [3.8, 4) is 79.1 Å². The Morgan fingerprint density at radius 2 is 0.615 bits per heavy atom. The van der Waals surface area contributed by atoms with E-state index in [-0.39, 0.29) is 0 Å². The van der Waals surface area contributed by atoms with Crippen LogP contribution in [0.15, 0.2) is 188 Å². The highest BCUT2D eigenvalue weighted by molar-refractivity contribution is 5.93. The molecule has 0 unspecified atom stereocenters. The largest absolute Gasteiger partial charge is 0.228 e. The van der Waals surface area contributed by atoms with Crippen LogP contribution in [0.4, 0.5) is 0 Å². The molecule has 0 radical (unpaired) electrons. The van der Waals surface area contributed by atoms with Gasteiger partial charge in [0.05, 0.1) is 11.2 Å². The summed E-state index contributed by atoms with van der Waals surface area (Å²) in [7, 11) is 0. The minimum atomic E-state index is 0.589. The zero-order valence-electron chi connectivity index (χ0n) is 28.1. The standard InChI is InChI=1S/C47H31N5/c1-4-14-32(15-5-1)37-20-12-22-39(30-37)46-50-45(51-47(52-46)40-23-13-21-38(31-40)33-16-6-2-7-17-33)36-28-26-35(27-29-36)44-48-42-25-11-10-24-41(42)43(49-44)34-18-8-3-9-19-34/h1-31H. The Morgan fingerprint density at radius 1 is 0.231 bits per heavy atom. The summed E-state index contributed by atoms with van der Waals surface area (Å²) in [5.74, 6) is 2.47. The summed E-state index contributed by atoms with van der Waals surface area (Å²) in [6.45, 7) is 0. The van der Waals surface area contributed by atoms with E-state index < -0.39 is 0 Å². The fourth-order valence-electron chi connectivity index (χ4n) is 6.49. The van der Waals surface area contributed by atoms with Gasteiger partial charge in [-0.15, -0.1) is 0 Å². The lowest BCUT2D eigenvalue weighted by molar-refractivity contribution is 1.07. The van der Waals surface area contributed by atoms with Crippen molar-refractivity contribution in [2.75, 3.05) is 0 Å². The third-order valence-electron chi connectivity index (χ3n) is 9.14. The molecule has 0 aliphatic heterocycles. The molecule has 52 heavy (non-hydrogen) atoms. The second-order valence-corrected chi connectivity index (χ2v) is 12.6. The lowest BCUT2D eigenvalue weighted by Gasteiger charge is -2.11. The van der Waals surface area contributed by atoms with Crippen molar-refractivity contribution in [1.82, 2.24) is 24.9 Å². The molecule has 5 nitrogen and oxygen atoms in total. The molecule has 0 saturated carbocycles. The maximum Gasteiger partial charge on any atom is 0.164 e. The van der Waals surface area contributed by atoms with E-state index in [1.807, 2.05) is 72.8 Å². The quantitative estimate of drug-likeness (QED) is 0.169. The van der Waals surface area contributed by atoms with Crippen molar-refractivity contribution in [3.63, 3.8) is 0 Å². The molecule has 5 heteroatoms. The summed E-state index contributed by atoms with van der Waals surface area (Å²) in [6.07, 6.45) is 0. The van der Waals surface area contributed by atoms with Crippen LogP contribution in [0.3, 0.4) is 0 Å². The van der Waals surface area contributed by atoms with Crippen LogP contribution in [-0.4, -0.2) is 24.9 Å². The molecule has 0 spiro atoms. The molecule has 2 heterocycles. The highest BCUT2D eigenvalue weighted by Gasteiger charge is 2.16. The van der Waals surface area contributed by atoms with Crippen molar-refractivity contribution >= 4 is 10.9 Å². The highest BCUT2D eigenvalue weighted by atomic mass is 15.0. The zero-order valence-corrected chi connectivity index (χ0v) is 28.1. The van der Waals surface area contributed by atoms with E-state index in [9.17, 15) is 0 Å². The van der Waals surface area contributed by atoms with Crippen LogP contribution in [0.25, 0.3) is 90.0 Å². The topological polar surface area (TPSA) is 64.5 Å². The van der Waals surface area contributed by atoms with Gasteiger partial charge in [-0.3, -0.25) is 0 Å². The molecule has 9 aromatic rings. The first-order chi connectivity index (χ1) is 25.7. The second-order valence-electron chi connectivity index (χ2n) is 12.6. The molecule has 0 N–H and O–H groups in total. The first-order valence-electron chi connectivity index (χ1n) is 17.3. The molecule has 0 bridgehead atoms. The molecule has 0 fully saturated rings. The number of hydrogen-bond donors (Lipinski definition) is 0. The van der Waals surface area contributed by atoms with Gasteiger partial charge in [-0.25, -0.2) is 24.9 Å². The first kappa shape index (κ1) is 30.9. The molecule has 7 aromatic carbocycles. The maximum absolute atomic E-state index is 5.07. The van der Waals surface area contributed by atoms with Gasteiger partial charge in [0.25, 0.3) is 0 Å². The second kappa shape index (κ2) is 13.7. The molecular weight excluding hydrogens is 635 g/mol. The lowest BCUT2D eigenvalue weighted by atomic mass is 10.0. The Balaban J connectivity index is 1.15. The fourth-order valence-corrected chi connectivity index (χ4v) is 6.49. The van der Waals surface area contributed by atoms with Crippen LogP contribution in [0.1, 0.15) is 0 Å². The average Bonchev–Trinajstić information content (AvgIpc) is 3.24. The van der Waals surface area contributed by atoms with Gasteiger partial charge in [-0.05, 0) is 40.5 Å². The number of para-hydroxylation sites is 1. The summed E-state index contributed by atoms with van der Waals surface area (Å²) < 4.78 is 0. The van der Waals surface area contributed by atoms with Crippen LogP contribution >= 0.6 is 0 Å². The van der Waals surface area contributed by atoms with Gasteiger partial charge in [-0.2, -0.15) is 0 Å². The highest BCUT2D eigenvalue weighted by Crippen LogP contribution is 2.32. The molecule has 2 aromatic heterocycles. The number of fused-ring (bicyclic) bond motifs is 1. The van der Waals surface area contributed by atoms with Crippen molar-refractivity contribution in [1.29, 1.82) is 0 Å².